The standard InChI is InChI=1S/C33H30ClFN4O2/c1-33(26-12-11-24(34)18-27(26)35)40-30-10-4-7-25(32(30)41-33)23-13-16-38(17-14-23)21-31-37-28-8-2-3-9-29(28)39(31)20-22-6-5-15-36-19-22/h2-12,15,18-19,23H,13-14,16-17,20-21H2,1H3. The minimum atomic E-state index is -1.25. The molecule has 0 spiro atoms. The van der Waals surface area contributed by atoms with E-state index < -0.39 is 11.6 Å². The quantitative estimate of drug-likeness (QED) is 0.215. The Bertz CT molecular complexity index is 1720. The predicted octanol–water partition coefficient (Wildman–Crippen LogP) is 7.30. The molecule has 8 heteroatoms. The van der Waals surface area contributed by atoms with Crippen LogP contribution >= 0.6 is 11.6 Å². The molecule has 3 aromatic carbocycles. The summed E-state index contributed by atoms with van der Waals surface area (Å²) in [5, 5.41) is 0.338. The molecular weight excluding hydrogens is 539 g/mol. The number of rotatable bonds is 6. The maximum absolute atomic E-state index is 14.8. The summed E-state index contributed by atoms with van der Waals surface area (Å²) in [7, 11) is 0. The molecule has 4 heterocycles. The van der Waals surface area contributed by atoms with Crippen molar-refractivity contribution in [3.63, 3.8) is 0 Å². The van der Waals surface area contributed by atoms with Gasteiger partial charge in [0, 0.05) is 29.9 Å². The van der Waals surface area contributed by atoms with Gasteiger partial charge in [0.15, 0.2) is 11.5 Å². The zero-order chi connectivity index (χ0) is 28.0. The highest BCUT2D eigenvalue weighted by Gasteiger charge is 2.43. The molecule has 1 fully saturated rings. The Hall–Kier alpha value is -3.94. The van der Waals surface area contributed by atoms with Gasteiger partial charge in [0.05, 0.1) is 29.7 Å². The number of nitrogens with zero attached hydrogens (tertiary/aromatic N) is 4. The van der Waals surface area contributed by atoms with E-state index in [1.54, 1.807) is 25.3 Å². The third-order valence-electron chi connectivity index (χ3n) is 8.22. The Labute approximate surface area is 243 Å². The summed E-state index contributed by atoms with van der Waals surface area (Å²) in [6.45, 7) is 5.15. The first-order valence-corrected chi connectivity index (χ1v) is 14.4. The molecule has 41 heavy (non-hydrogen) atoms. The summed E-state index contributed by atoms with van der Waals surface area (Å²) in [6, 6.07) is 23.0. The number of hydrogen-bond acceptors (Lipinski definition) is 5. The molecule has 5 aromatic rings. The molecule has 0 bridgehead atoms. The minimum absolute atomic E-state index is 0.316. The molecular formula is C33H30ClFN4O2. The van der Waals surface area contributed by atoms with Crippen molar-refractivity contribution in [3.8, 4) is 11.5 Å². The van der Waals surface area contributed by atoms with Gasteiger partial charge in [-0.15, -0.1) is 0 Å². The number of aromatic nitrogens is 3. The highest BCUT2D eigenvalue weighted by atomic mass is 35.5. The molecule has 6 nitrogen and oxygen atoms in total. The second kappa shape index (κ2) is 10.5. The van der Waals surface area contributed by atoms with E-state index in [0.29, 0.717) is 28.0 Å². The smallest absolute Gasteiger partial charge is 0.278 e. The molecule has 7 rings (SSSR count). The molecule has 0 amide bonds. The van der Waals surface area contributed by atoms with Crippen molar-refractivity contribution in [2.75, 3.05) is 13.1 Å². The lowest BCUT2D eigenvalue weighted by atomic mass is 9.88. The van der Waals surface area contributed by atoms with Gasteiger partial charge in [0.25, 0.3) is 5.79 Å². The number of benzene rings is 3. The molecule has 0 aliphatic carbocycles. The summed E-state index contributed by atoms with van der Waals surface area (Å²) < 4.78 is 29.7. The number of imidazole rings is 1. The Morgan fingerprint density at radius 3 is 2.63 bits per heavy atom. The molecule has 1 saturated heterocycles. The van der Waals surface area contributed by atoms with Crippen LogP contribution in [0, 0.1) is 5.82 Å². The maximum Gasteiger partial charge on any atom is 0.278 e. The lowest BCUT2D eigenvalue weighted by molar-refractivity contribution is -0.0712. The van der Waals surface area contributed by atoms with Gasteiger partial charge in [0.2, 0.25) is 0 Å². The van der Waals surface area contributed by atoms with E-state index in [1.165, 1.54) is 6.07 Å². The van der Waals surface area contributed by atoms with E-state index in [1.807, 2.05) is 30.5 Å². The third-order valence-corrected chi connectivity index (χ3v) is 8.46. The van der Waals surface area contributed by atoms with E-state index in [9.17, 15) is 4.39 Å². The molecule has 208 valence electrons. The van der Waals surface area contributed by atoms with Crippen LogP contribution in [0.25, 0.3) is 11.0 Å². The second-order valence-electron chi connectivity index (χ2n) is 11.0. The number of ether oxygens (including phenoxy) is 2. The number of halogens is 2. The van der Waals surface area contributed by atoms with Crippen LogP contribution in [0.3, 0.4) is 0 Å². The summed E-state index contributed by atoms with van der Waals surface area (Å²) >= 11 is 5.98. The lowest BCUT2D eigenvalue weighted by Crippen LogP contribution is -2.34. The molecule has 0 radical (unpaired) electrons. The number of piperidine rings is 1. The minimum Gasteiger partial charge on any atom is -0.444 e. The topological polar surface area (TPSA) is 52.4 Å². The Morgan fingerprint density at radius 2 is 1.83 bits per heavy atom. The zero-order valence-corrected chi connectivity index (χ0v) is 23.5. The first kappa shape index (κ1) is 26.0. The van der Waals surface area contributed by atoms with Gasteiger partial charge in [-0.2, -0.15) is 0 Å². The van der Waals surface area contributed by atoms with Crippen LogP contribution in [0.15, 0.2) is 85.2 Å². The van der Waals surface area contributed by atoms with Gasteiger partial charge in [0.1, 0.15) is 11.6 Å². The van der Waals surface area contributed by atoms with Gasteiger partial charge >= 0.3 is 0 Å². The number of hydrogen-bond donors (Lipinski definition) is 0. The number of pyridine rings is 1. The van der Waals surface area contributed by atoms with Gasteiger partial charge in [-0.3, -0.25) is 9.88 Å². The van der Waals surface area contributed by atoms with E-state index in [4.69, 9.17) is 26.1 Å². The highest BCUT2D eigenvalue weighted by Crippen LogP contribution is 2.49. The van der Waals surface area contributed by atoms with E-state index in [2.05, 4.69) is 44.8 Å². The average Bonchev–Trinajstić information content (AvgIpc) is 3.51. The Morgan fingerprint density at radius 1 is 0.976 bits per heavy atom. The number of para-hydroxylation sites is 3. The Kier molecular flexibility index (Phi) is 6.64. The van der Waals surface area contributed by atoms with Crippen LogP contribution in [0.2, 0.25) is 5.02 Å². The van der Waals surface area contributed by atoms with Gasteiger partial charge in [-0.25, -0.2) is 9.37 Å². The molecule has 2 aromatic heterocycles. The fraction of sp³-hybridized carbons (Fsp3) is 0.273. The van der Waals surface area contributed by atoms with Crippen molar-refractivity contribution in [2.45, 2.75) is 44.6 Å². The summed E-state index contributed by atoms with van der Waals surface area (Å²) in [4.78, 5) is 11.8. The van der Waals surface area contributed by atoms with E-state index >= 15 is 0 Å². The Balaban J connectivity index is 1.08. The van der Waals surface area contributed by atoms with Crippen LogP contribution < -0.4 is 9.47 Å². The van der Waals surface area contributed by atoms with Crippen molar-refractivity contribution in [2.24, 2.45) is 0 Å². The molecule has 0 N–H and O–H groups in total. The normalized spacial score (nSPS) is 19.2. The fourth-order valence-corrected chi connectivity index (χ4v) is 6.29. The molecule has 2 aliphatic rings. The zero-order valence-electron chi connectivity index (χ0n) is 22.8. The van der Waals surface area contributed by atoms with Crippen molar-refractivity contribution >= 4 is 22.6 Å². The third kappa shape index (κ3) is 4.94. The van der Waals surface area contributed by atoms with Crippen molar-refractivity contribution in [1.29, 1.82) is 0 Å². The molecule has 2 aliphatic heterocycles. The number of likely N-dealkylation sites (tertiary alicyclic amines) is 1. The molecule has 1 unspecified atom stereocenters. The van der Waals surface area contributed by atoms with E-state index in [0.717, 1.165) is 67.0 Å². The summed E-state index contributed by atoms with van der Waals surface area (Å²) in [5.74, 6) is 1.04. The molecule has 0 saturated carbocycles. The first-order valence-electron chi connectivity index (χ1n) is 14.0. The predicted molar refractivity (Wildman–Crippen MR) is 157 cm³/mol. The lowest BCUT2D eigenvalue weighted by Gasteiger charge is -2.32. The number of fused-ring (bicyclic) bond motifs is 2. The van der Waals surface area contributed by atoms with Crippen LogP contribution in [-0.4, -0.2) is 32.5 Å². The first-order chi connectivity index (χ1) is 20.0. The highest BCUT2D eigenvalue weighted by molar-refractivity contribution is 6.30. The van der Waals surface area contributed by atoms with Gasteiger partial charge in [-0.1, -0.05) is 41.9 Å². The van der Waals surface area contributed by atoms with Crippen molar-refractivity contribution < 1.29 is 13.9 Å². The van der Waals surface area contributed by atoms with Crippen LogP contribution in [0.5, 0.6) is 11.5 Å². The van der Waals surface area contributed by atoms with E-state index in [-0.39, 0.29) is 0 Å². The SMILES string of the molecule is CC1(c2ccc(Cl)cc2F)Oc2cccc(C3CCN(Cc4nc5ccccc5n4Cc4cccnc4)CC3)c2O1. The van der Waals surface area contributed by atoms with Gasteiger partial charge < -0.3 is 14.0 Å². The van der Waals surface area contributed by atoms with Crippen molar-refractivity contribution in [3.05, 3.63) is 119 Å². The van der Waals surface area contributed by atoms with Crippen LogP contribution in [0.4, 0.5) is 4.39 Å². The average molecular weight is 569 g/mol. The van der Waals surface area contributed by atoms with Crippen LogP contribution in [0.1, 0.15) is 48.2 Å². The molecule has 1 atom stereocenters. The second-order valence-corrected chi connectivity index (χ2v) is 11.4. The summed E-state index contributed by atoms with van der Waals surface area (Å²) in [6.07, 6.45) is 5.68. The largest absolute Gasteiger partial charge is 0.444 e. The van der Waals surface area contributed by atoms with Gasteiger partial charge in [-0.05, 0) is 79.9 Å². The summed E-state index contributed by atoms with van der Waals surface area (Å²) in [5.41, 5.74) is 4.75. The maximum atomic E-state index is 14.8. The van der Waals surface area contributed by atoms with Crippen LogP contribution in [-0.2, 0) is 18.9 Å². The van der Waals surface area contributed by atoms with Crippen molar-refractivity contribution in [1.82, 2.24) is 19.4 Å². The fourth-order valence-electron chi connectivity index (χ4n) is 6.14. The monoisotopic (exact) mass is 568 g/mol.